The van der Waals surface area contributed by atoms with Gasteiger partial charge in [-0.25, -0.2) is 0 Å². The van der Waals surface area contributed by atoms with Crippen LogP contribution in [0.15, 0.2) is 0 Å². The van der Waals surface area contributed by atoms with E-state index >= 15 is 0 Å². The third-order valence-electron chi connectivity index (χ3n) is 2.89. The minimum Gasteiger partial charge on any atom is -0.465 e. The Morgan fingerprint density at radius 3 is 2.69 bits per heavy atom. The Morgan fingerprint density at radius 2 is 2.19 bits per heavy atom. The molecule has 1 rings (SSSR count). The number of esters is 1. The zero-order valence-electron chi connectivity index (χ0n) is 10.2. The van der Waals surface area contributed by atoms with Crippen LogP contribution in [0, 0.1) is 5.92 Å². The number of aliphatic hydroxyl groups excluding tert-OH is 1. The molecule has 16 heavy (non-hydrogen) atoms. The zero-order valence-corrected chi connectivity index (χ0v) is 10.2. The quantitative estimate of drug-likeness (QED) is 0.611. The van der Waals surface area contributed by atoms with E-state index in [0.29, 0.717) is 19.1 Å². The van der Waals surface area contributed by atoms with Crippen LogP contribution in [0.2, 0.25) is 0 Å². The summed E-state index contributed by atoms with van der Waals surface area (Å²) in [6, 6.07) is -0.265. The molecule has 0 aromatic rings. The van der Waals surface area contributed by atoms with E-state index in [-0.39, 0.29) is 18.1 Å². The summed E-state index contributed by atoms with van der Waals surface area (Å²) >= 11 is 0. The second-order valence-corrected chi connectivity index (χ2v) is 4.41. The highest BCUT2D eigenvalue weighted by Gasteiger charge is 2.30. The van der Waals surface area contributed by atoms with Crippen molar-refractivity contribution in [2.45, 2.75) is 51.7 Å². The third kappa shape index (κ3) is 4.49. The van der Waals surface area contributed by atoms with Crippen molar-refractivity contribution >= 4 is 5.97 Å². The smallest absolute Gasteiger partial charge is 0.323 e. The van der Waals surface area contributed by atoms with Crippen LogP contribution in [-0.2, 0) is 9.53 Å². The molecular formula is C12H23NO3. The number of rotatable bonds is 8. The molecule has 1 saturated carbocycles. The monoisotopic (exact) mass is 229 g/mol. The molecule has 0 heterocycles. The van der Waals surface area contributed by atoms with Gasteiger partial charge in [0.15, 0.2) is 0 Å². The first-order valence-electron chi connectivity index (χ1n) is 6.27. The summed E-state index contributed by atoms with van der Waals surface area (Å²) in [5.74, 6) is 0.240. The van der Waals surface area contributed by atoms with E-state index < -0.39 is 0 Å². The summed E-state index contributed by atoms with van der Waals surface area (Å²) in [5, 5.41) is 12.8. The Morgan fingerprint density at radius 1 is 1.50 bits per heavy atom. The van der Waals surface area contributed by atoms with Crippen LogP contribution in [0.4, 0.5) is 0 Å². The Labute approximate surface area is 97.4 Å². The van der Waals surface area contributed by atoms with Crippen LogP contribution in [0.3, 0.4) is 0 Å². The van der Waals surface area contributed by atoms with E-state index in [4.69, 9.17) is 4.74 Å². The minimum absolute atomic E-state index is 0.202. The maximum Gasteiger partial charge on any atom is 0.323 e. The molecule has 1 fully saturated rings. The van der Waals surface area contributed by atoms with Gasteiger partial charge in [0.05, 0.1) is 12.7 Å². The van der Waals surface area contributed by atoms with Crippen molar-refractivity contribution in [1.82, 2.24) is 5.32 Å². The highest BCUT2D eigenvalue weighted by atomic mass is 16.5. The highest BCUT2D eigenvalue weighted by Crippen LogP contribution is 2.32. The largest absolute Gasteiger partial charge is 0.465 e. The van der Waals surface area contributed by atoms with Crippen molar-refractivity contribution in [1.29, 1.82) is 0 Å². The molecule has 0 aromatic heterocycles. The molecule has 1 aliphatic carbocycles. The summed E-state index contributed by atoms with van der Waals surface area (Å²) in [5.41, 5.74) is 0. The van der Waals surface area contributed by atoms with Gasteiger partial charge >= 0.3 is 5.97 Å². The molecule has 94 valence electrons. The summed E-state index contributed by atoms with van der Waals surface area (Å²) in [4.78, 5) is 11.6. The maximum atomic E-state index is 11.6. The van der Waals surface area contributed by atoms with Crippen LogP contribution in [0.1, 0.15) is 39.5 Å². The van der Waals surface area contributed by atoms with Crippen LogP contribution in [-0.4, -0.2) is 36.4 Å². The first kappa shape index (κ1) is 13.5. The van der Waals surface area contributed by atoms with Gasteiger partial charge in [-0.15, -0.1) is 0 Å². The van der Waals surface area contributed by atoms with Gasteiger partial charge < -0.3 is 15.2 Å². The first-order chi connectivity index (χ1) is 7.69. The average Bonchev–Trinajstić information content (AvgIpc) is 3.07. The van der Waals surface area contributed by atoms with Gasteiger partial charge in [0.1, 0.15) is 6.04 Å². The van der Waals surface area contributed by atoms with E-state index in [2.05, 4.69) is 5.32 Å². The second kappa shape index (κ2) is 6.86. The summed E-state index contributed by atoms with van der Waals surface area (Å²) in [6.07, 6.45) is 3.60. The van der Waals surface area contributed by atoms with Gasteiger partial charge in [-0.2, -0.15) is 0 Å². The van der Waals surface area contributed by atoms with Gasteiger partial charge in [-0.3, -0.25) is 4.79 Å². The summed E-state index contributed by atoms with van der Waals surface area (Å²) < 4.78 is 4.98. The minimum atomic E-state index is -0.311. The Kier molecular flexibility index (Phi) is 5.77. The Balaban J connectivity index is 2.28. The molecular weight excluding hydrogens is 206 g/mol. The molecule has 2 N–H and O–H groups in total. The lowest BCUT2D eigenvalue weighted by atomic mass is 10.1. The number of carbonyl (C=O) groups excluding carboxylic acids is 1. The molecule has 0 bridgehead atoms. The fourth-order valence-electron chi connectivity index (χ4n) is 1.75. The fourth-order valence-corrected chi connectivity index (χ4v) is 1.75. The van der Waals surface area contributed by atoms with Crippen molar-refractivity contribution in [3.05, 3.63) is 0 Å². The normalized spacial score (nSPS) is 19.2. The van der Waals surface area contributed by atoms with E-state index in [1.54, 1.807) is 6.92 Å². The molecule has 2 unspecified atom stereocenters. The SMILES string of the molecule is CCCC(NCC(O)C1CC1)C(=O)OCC. The number of carbonyl (C=O) groups is 1. The summed E-state index contributed by atoms with van der Waals surface area (Å²) in [7, 11) is 0. The predicted octanol–water partition coefficient (Wildman–Crippen LogP) is 1.08. The second-order valence-electron chi connectivity index (χ2n) is 4.41. The van der Waals surface area contributed by atoms with E-state index in [9.17, 15) is 9.90 Å². The summed E-state index contributed by atoms with van der Waals surface area (Å²) in [6.45, 7) is 4.74. The topological polar surface area (TPSA) is 58.6 Å². The highest BCUT2D eigenvalue weighted by molar-refractivity contribution is 5.75. The number of aliphatic hydroxyl groups is 1. The molecule has 0 aliphatic heterocycles. The number of hydrogen-bond acceptors (Lipinski definition) is 4. The lowest BCUT2D eigenvalue weighted by Gasteiger charge is -2.18. The lowest BCUT2D eigenvalue weighted by molar-refractivity contribution is -0.146. The number of nitrogens with one attached hydrogen (secondary N) is 1. The molecule has 0 saturated heterocycles. The molecule has 1 aliphatic rings. The van der Waals surface area contributed by atoms with Gasteiger partial charge in [-0.1, -0.05) is 13.3 Å². The molecule has 0 spiro atoms. The standard InChI is InChI=1S/C12H23NO3/c1-3-5-10(12(15)16-4-2)13-8-11(14)9-6-7-9/h9-11,13-14H,3-8H2,1-2H3. The van der Waals surface area contributed by atoms with Crippen LogP contribution >= 0.6 is 0 Å². The van der Waals surface area contributed by atoms with Crippen molar-refractivity contribution < 1.29 is 14.6 Å². The van der Waals surface area contributed by atoms with Crippen LogP contribution < -0.4 is 5.32 Å². The molecule has 0 aromatic carbocycles. The zero-order chi connectivity index (χ0) is 12.0. The van der Waals surface area contributed by atoms with E-state index in [1.165, 1.54) is 0 Å². The Hall–Kier alpha value is -0.610. The first-order valence-corrected chi connectivity index (χ1v) is 6.27. The van der Waals surface area contributed by atoms with Crippen molar-refractivity contribution in [3.63, 3.8) is 0 Å². The predicted molar refractivity (Wildman–Crippen MR) is 62.1 cm³/mol. The molecule has 2 atom stereocenters. The van der Waals surface area contributed by atoms with Gasteiger partial charge in [0, 0.05) is 6.54 Å². The molecule has 0 radical (unpaired) electrons. The number of hydrogen-bond donors (Lipinski definition) is 2. The Bertz CT molecular complexity index is 216. The van der Waals surface area contributed by atoms with Crippen molar-refractivity contribution in [3.8, 4) is 0 Å². The fraction of sp³-hybridized carbons (Fsp3) is 0.917. The maximum absolute atomic E-state index is 11.6. The van der Waals surface area contributed by atoms with Crippen molar-refractivity contribution in [2.75, 3.05) is 13.2 Å². The van der Waals surface area contributed by atoms with E-state index in [0.717, 1.165) is 25.7 Å². The van der Waals surface area contributed by atoms with Crippen LogP contribution in [0.25, 0.3) is 0 Å². The van der Waals surface area contributed by atoms with Crippen LogP contribution in [0.5, 0.6) is 0 Å². The molecule has 0 amide bonds. The van der Waals surface area contributed by atoms with Gasteiger partial charge in [0.25, 0.3) is 0 Å². The third-order valence-corrected chi connectivity index (χ3v) is 2.89. The van der Waals surface area contributed by atoms with Gasteiger partial charge in [-0.05, 0) is 32.1 Å². The van der Waals surface area contributed by atoms with Crippen molar-refractivity contribution in [2.24, 2.45) is 5.92 Å². The lowest BCUT2D eigenvalue weighted by Crippen LogP contribution is -2.42. The van der Waals surface area contributed by atoms with E-state index in [1.807, 2.05) is 6.92 Å². The average molecular weight is 229 g/mol. The molecule has 4 nitrogen and oxygen atoms in total. The van der Waals surface area contributed by atoms with Gasteiger partial charge in [0.2, 0.25) is 0 Å². The number of ether oxygens (including phenoxy) is 1. The molecule has 4 heteroatoms.